The van der Waals surface area contributed by atoms with E-state index in [4.69, 9.17) is 0 Å². The van der Waals surface area contributed by atoms with Crippen LogP contribution in [0.5, 0.6) is 0 Å². The summed E-state index contributed by atoms with van der Waals surface area (Å²) in [7, 11) is 2.09. The fourth-order valence-corrected chi connectivity index (χ4v) is 4.72. The summed E-state index contributed by atoms with van der Waals surface area (Å²) in [6, 6.07) is 6.82. The first kappa shape index (κ1) is 19.2. The Balaban J connectivity index is 1.37. The third-order valence-electron chi connectivity index (χ3n) is 6.44. The SMILES string of the molecule is CN1CCN(c2ccc(C[C@@H](C#N)NC(=O)[C@H]3N[C@@H]4CC[C@H]3C4)c(F)c2)CC1. The lowest BCUT2D eigenvalue weighted by Gasteiger charge is -2.34. The minimum atomic E-state index is -0.725. The second kappa shape index (κ2) is 8.06. The lowest BCUT2D eigenvalue weighted by molar-refractivity contribution is -0.124. The molecule has 3 aliphatic rings. The average molecular weight is 385 g/mol. The summed E-state index contributed by atoms with van der Waals surface area (Å²) in [6.07, 6.45) is 3.41. The Morgan fingerprint density at radius 2 is 2.14 bits per heavy atom. The van der Waals surface area contributed by atoms with Gasteiger partial charge in [0.1, 0.15) is 11.9 Å². The van der Waals surface area contributed by atoms with Crippen molar-refractivity contribution in [2.75, 3.05) is 38.1 Å². The van der Waals surface area contributed by atoms with Crippen molar-refractivity contribution in [2.45, 2.75) is 43.8 Å². The minimum absolute atomic E-state index is 0.131. The molecule has 0 unspecified atom stereocenters. The maximum atomic E-state index is 14.7. The summed E-state index contributed by atoms with van der Waals surface area (Å²) in [4.78, 5) is 17.0. The molecular formula is C21H28FN5O. The molecule has 1 aromatic carbocycles. The van der Waals surface area contributed by atoms with Crippen molar-refractivity contribution in [3.63, 3.8) is 0 Å². The molecule has 4 rings (SSSR count). The molecule has 1 amide bonds. The van der Waals surface area contributed by atoms with Crippen LogP contribution < -0.4 is 15.5 Å². The van der Waals surface area contributed by atoms with E-state index in [1.54, 1.807) is 12.1 Å². The van der Waals surface area contributed by atoms with Gasteiger partial charge in [-0.25, -0.2) is 4.39 Å². The number of halogens is 1. The number of fused-ring (bicyclic) bond motifs is 2. The highest BCUT2D eigenvalue weighted by Gasteiger charge is 2.43. The van der Waals surface area contributed by atoms with Crippen LogP contribution in [0.4, 0.5) is 10.1 Å². The van der Waals surface area contributed by atoms with E-state index in [9.17, 15) is 14.4 Å². The largest absolute Gasteiger partial charge is 0.369 e. The molecule has 150 valence electrons. The summed E-state index contributed by atoms with van der Waals surface area (Å²) in [5.74, 6) is -0.0823. The summed E-state index contributed by atoms with van der Waals surface area (Å²) in [5.41, 5.74) is 1.34. The van der Waals surface area contributed by atoms with Gasteiger partial charge in [-0.05, 0) is 49.9 Å². The van der Waals surface area contributed by atoms with Crippen molar-refractivity contribution in [1.82, 2.24) is 15.5 Å². The first-order valence-electron chi connectivity index (χ1n) is 10.2. The highest BCUT2D eigenvalue weighted by atomic mass is 19.1. The van der Waals surface area contributed by atoms with Crippen LogP contribution in [0.25, 0.3) is 0 Å². The van der Waals surface area contributed by atoms with Crippen LogP contribution in [0, 0.1) is 23.1 Å². The molecule has 28 heavy (non-hydrogen) atoms. The van der Waals surface area contributed by atoms with Crippen molar-refractivity contribution in [3.05, 3.63) is 29.6 Å². The maximum absolute atomic E-state index is 14.7. The predicted octanol–water partition coefficient (Wildman–Crippen LogP) is 1.27. The Labute approximate surface area is 165 Å². The average Bonchev–Trinajstić information content (AvgIpc) is 3.33. The number of rotatable bonds is 5. The molecule has 2 heterocycles. The van der Waals surface area contributed by atoms with E-state index in [-0.39, 0.29) is 24.2 Å². The Bertz CT molecular complexity index is 771. The Morgan fingerprint density at radius 3 is 2.75 bits per heavy atom. The van der Waals surface area contributed by atoms with Crippen molar-refractivity contribution in [1.29, 1.82) is 5.26 Å². The molecule has 1 aliphatic carbocycles. The standard InChI is InChI=1S/C21H28FN5O/c1-26-6-8-27(9-7-26)18-5-3-14(19(22)12-18)10-17(13-23)25-21(28)20-15-2-4-16(11-15)24-20/h3,5,12,15-17,20,24H,2,4,6-11H2,1H3,(H,25,28)/t15-,16+,17-,20-/m0/s1. The van der Waals surface area contributed by atoms with Gasteiger partial charge in [-0.1, -0.05) is 6.07 Å². The van der Waals surface area contributed by atoms with E-state index in [1.807, 2.05) is 6.07 Å². The van der Waals surface area contributed by atoms with Crippen LogP contribution in [0.2, 0.25) is 0 Å². The van der Waals surface area contributed by atoms with Crippen molar-refractivity contribution >= 4 is 11.6 Å². The normalized spacial score (nSPS) is 28.2. The van der Waals surface area contributed by atoms with Crippen LogP contribution in [0.3, 0.4) is 0 Å². The molecule has 2 N–H and O–H groups in total. The maximum Gasteiger partial charge on any atom is 0.238 e. The lowest BCUT2D eigenvalue weighted by atomic mass is 9.98. The monoisotopic (exact) mass is 385 g/mol. The van der Waals surface area contributed by atoms with Gasteiger partial charge in [0, 0.05) is 44.3 Å². The van der Waals surface area contributed by atoms with Crippen molar-refractivity contribution in [3.8, 4) is 6.07 Å². The third kappa shape index (κ3) is 3.98. The number of anilines is 1. The molecule has 0 radical (unpaired) electrons. The molecule has 4 atom stereocenters. The summed E-state index contributed by atoms with van der Waals surface area (Å²) in [6.45, 7) is 3.68. The molecule has 6 nitrogen and oxygen atoms in total. The number of benzene rings is 1. The molecule has 0 aromatic heterocycles. The summed E-state index contributed by atoms with van der Waals surface area (Å²) >= 11 is 0. The highest BCUT2D eigenvalue weighted by Crippen LogP contribution is 2.35. The molecular weight excluding hydrogens is 357 g/mol. The Kier molecular flexibility index (Phi) is 5.51. The van der Waals surface area contributed by atoms with Gasteiger partial charge < -0.3 is 20.4 Å². The molecule has 1 aromatic rings. The van der Waals surface area contributed by atoms with Gasteiger partial charge in [0.25, 0.3) is 0 Å². The highest BCUT2D eigenvalue weighted by molar-refractivity contribution is 5.83. The van der Waals surface area contributed by atoms with Crippen molar-refractivity contribution in [2.24, 2.45) is 5.92 Å². The second-order valence-corrected chi connectivity index (χ2v) is 8.37. The molecule has 0 spiro atoms. The molecule has 1 saturated carbocycles. The van der Waals surface area contributed by atoms with Crippen LogP contribution >= 0.6 is 0 Å². The van der Waals surface area contributed by atoms with Gasteiger partial charge in [-0.15, -0.1) is 0 Å². The van der Waals surface area contributed by atoms with Gasteiger partial charge >= 0.3 is 0 Å². The van der Waals surface area contributed by atoms with Crippen LogP contribution in [0.1, 0.15) is 24.8 Å². The van der Waals surface area contributed by atoms with Gasteiger partial charge in [0.2, 0.25) is 5.91 Å². The zero-order valence-corrected chi connectivity index (χ0v) is 16.3. The van der Waals surface area contributed by atoms with Gasteiger partial charge in [0.05, 0.1) is 12.1 Å². The fourth-order valence-electron chi connectivity index (χ4n) is 4.72. The smallest absolute Gasteiger partial charge is 0.238 e. The number of likely N-dealkylation sites (N-methyl/N-ethyl adjacent to an activating group) is 1. The molecule has 3 fully saturated rings. The minimum Gasteiger partial charge on any atom is -0.369 e. The number of piperazine rings is 1. The summed E-state index contributed by atoms with van der Waals surface area (Å²) in [5, 5.41) is 15.6. The van der Waals surface area contributed by atoms with E-state index >= 15 is 0 Å². The third-order valence-corrected chi connectivity index (χ3v) is 6.44. The van der Waals surface area contributed by atoms with Gasteiger partial charge in [-0.3, -0.25) is 4.79 Å². The fraction of sp³-hybridized carbons (Fsp3) is 0.619. The number of nitrogens with one attached hydrogen (secondary N) is 2. The molecule has 2 bridgehead atoms. The first-order chi connectivity index (χ1) is 13.5. The quantitative estimate of drug-likeness (QED) is 0.799. The topological polar surface area (TPSA) is 71.4 Å². The zero-order chi connectivity index (χ0) is 19.7. The predicted molar refractivity (Wildman–Crippen MR) is 105 cm³/mol. The van der Waals surface area contributed by atoms with Crippen LogP contribution in [0.15, 0.2) is 18.2 Å². The van der Waals surface area contributed by atoms with E-state index in [0.717, 1.165) is 51.1 Å². The molecule has 7 heteroatoms. The number of nitrogens with zero attached hydrogens (tertiary/aromatic N) is 3. The zero-order valence-electron chi connectivity index (χ0n) is 16.3. The number of carbonyl (C=O) groups excluding carboxylic acids is 1. The number of amides is 1. The Hall–Kier alpha value is -2.17. The van der Waals surface area contributed by atoms with Gasteiger partial charge in [0.15, 0.2) is 0 Å². The Morgan fingerprint density at radius 1 is 1.36 bits per heavy atom. The van der Waals surface area contributed by atoms with Crippen LogP contribution in [-0.2, 0) is 11.2 Å². The van der Waals surface area contributed by atoms with Crippen molar-refractivity contribution < 1.29 is 9.18 Å². The first-order valence-corrected chi connectivity index (χ1v) is 10.2. The summed E-state index contributed by atoms with van der Waals surface area (Å²) < 4.78 is 14.7. The molecule has 2 saturated heterocycles. The number of carbonyl (C=O) groups is 1. The lowest BCUT2D eigenvalue weighted by Crippen LogP contribution is -2.50. The number of nitriles is 1. The number of hydrogen-bond acceptors (Lipinski definition) is 5. The van der Waals surface area contributed by atoms with E-state index in [1.165, 1.54) is 0 Å². The van der Waals surface area contributed by atoms with E-state index in [0.29, 0.717) is 17.5 Å². The number of piperidine rings is 1. The van der Waals surface area contributed by atoms with Crippen LogP contribution in [-0.4, -0.2) is 62.2 Å². The van der Waals surface area contributed by atoms with E-state index < -0.39 is 6.04 Å². The second-order valence-electron chi connectivity index (χ2n) is 8.37. The van der Waals surface area contributed by atoms with Gasteiger partial charge in [-0.2, -0.15) is 5.26 Å². The molecule has 2 aliphatic heterocycles. The number of hydrogen-bond donors (Lipinski definition) is 2. The van der Waals surface area contributed by atoms with E-state index in [2.05, 4.69) is 33.6 Å².